The third-order valence-corrected chi connectivity index (χ3v) is 5.85. The predicted octanol–water partition coefficient (Wildman–Crippen LogP) is 4.48. The first-order valence-electron chi connectivity index (χ1n) is 9.74. The molecule has 0 bridgehead atoms. The number of carbonyl (C=O) groups excluding carboxylic acids is 1. The van der Waals surface area contributed by atoms with Gasteiger partial charge in [-0.25, -0.2) is 4.98 Å². The van der Waals surface area contributed by atoms with Gasteiger partial charge < -0.3 is 14.7 Å². The Bertz CT molecular complexity index is 1070. The molecule has 4 rings (SSSR count). The van der Waals surface area contributed by atoms with E-state index in [-0.39, 0.29) is 11.9 Å². The molecule has 0 unspecified atom stereocenters. The van der Waals surface area contributed by atoms with Crippen molar-refractivity contribution in [2.45, 2.75) is 17.0 Å². The van der Waals surface area contributed by atoms with Crippen LogP contribution in [0.4, 0.5) is 0 Å². The molecule has 0 aliphatic heterocycles. The fourth-order valence-corrected chi connectivity index (χ4v) is 4.05. The van der Waals surface area contributed by atoms with E-state index in [0.717, 1.165) is 33.3 Å². The van der Waals surface area contributed by atoms with Crippen LogP contribution in [-0.4, -0.2) is 41.4 Å². The van der Waals surface area contributed by atoms with Crippen molar-refractivity contribution in [1.82, 2.24) is 20.2 Å². The van der Waals surface area contributed by atoms with E-state index < -0.39 is 0 Å². The number of carbonyl (C=O) groups is 1. The van der Waals surface area contributed by atoms with Crippen LogP contribution >= 0.6 is 11.8 Å². The minimum Gasteiger partial charge on any atom is -0.468 e. The molecule has 0 saturated carbocycles. The van der Waals surface area contributed by atoms with E-state index in [1.807, 2.05) is 79.7 Å². The van der Waals surface area contributed by atoms with Crippen LogP contribution in [0.3, 0.4) is 0 Å². The second kappa shape index (κ2) is 9.19. The van der Waals surface area contributed by atoms with Gasteiger partial charge in [0.1, 0.15) is 5.76 Å². The first-order chi connectivity index (χ1) is 14.6. The number of H-pyrrole nitrogens is 1. The summed E-state index contributed by atoms with van der Waals surface area (Å²) < 4.78 is 5.49. The molecular weight excluding hydrogens is 396 g/mol. The summed E-state index contributed by atoms with van der Waals surface area (Å²) in [5, 5.41) is 3.89. The Morgan fingerprint density at radius 2 is 1.93 bits per heavy atom. The summed E-state index contributed by atoms with van der Waals surface area (Å²) in [4.78, 5) is 22.5. The molecule has 1 amide bonds. The summed E-state index contributed by atoms with van der Waals surface area (Å²) in [5.74, 6) is 1.52. The number of likely N-dealkylation sites (N-methyl/N-ethyl adjacent to an activating group) is 1. The second-order valence-electron chi connectivity index (χ2n) is 7.25. The lowest BCUT2D eigenvalue weighted by Crippen LogP contribution is -2.34. The quantitative estimate of drug-likeness (QED) is 0.411. The van der Waals surface area contributed by atoms with Crippen LogP contribution in [0.2, 0.25) is 0 Å². The van der Waals surface area contributed by atoms with Crippen molar-refractivity contribution >= 4 is 28.7 Å². The van der Waals surface area contributed by atoms with Gasteiger partial charge in [0.25, 0.3) is 5.91 Å². The highest BCUT2D eigenvalue weighted by atomic mass is 32.2. The molecule has 7 heteroatoms. The summed E-state index contributed by atoms with van der Waals surface area (Å²) in [6, 6.07) is 19.5. The van der Waals surface area contributed by atoms with Gasteiger partial charge in [-0.05, 0) is 56.1 Å². The summed E-state index contributed by atoms with van der Waals surface area (Å²) in [7, 11) is 3.93. The molecule has 0 aliphatic rings. The highest BCUT2D eigenvalue weighted by Gasteiger charge is 2.18. The number of benzene rings is 2. The van der Waals surface area contributed by atoms with Crippen LogP contribution in [0.5, 0.6) is 0 Å². The Hall–Kier alpha value is -3.03. The maximum absolute atomic E-state index is 12.6. The first-order valence-corrected chi connectivity index (χ1v) is 10.7. The van der Waals surface area contributed by atoms with E-state index in [1.165, 1.54) is 0 Å². The zero-order valence-corrected chi connectivity index (χ0v) is 17.8. The molecule has 0 saturated heterocycles. The number of rotatable bonds is 8. The third kappa shape index (κ3) is 4.75. The van der Waals surface area contributed by atoms with Gasteiger partial charge in [0.05, 0.1) is 23.3 Å². The zero-order valence-electron chi connectivity index (χ0n) is 17.0. The summed E-state index contributed by atoms with van der Waals surface area (Å²) >= 11 is 1.65. The van der Waals surface area contributed by atoms with E-state index in [9.17, 15) is 4.79 Å². The zero-order chi connectivity index (χ0) is 20.9. The van der Waals surface area contributed by atoms with Crippen molar-refractivity contribution in [3.63, 3.8) is 0 Å². The molecule has 6 nitrogen and oxygen atoms in total. The molecule has 2 N–H and O–H groups in total. The monoisotopic (exact) mass is 420 g/mol. The lowest BCUT2D eigenvalue weighted by atomic mass is 10.1. The van der Waals surface area contributed by atoms with E-state index in [4.69, 9.17) is 4.42 Å². The maximum Gasteiger partial charge on any atom is 0.251 e. The normalized spacial score (nSPS) is 12.4. The molecule has 4 aromatic rings. The summed E-state index contributed by atoms with van der Waals surface area (Å²) in [6.45, 7) is 0.475. The Balaban J connectivity index is 1.32. The second-order valence-corrected chi connectivity index (χ2v) is 8.21. The number of nitrogens with zero attached hydrogens (tertiary/aromatic N) is 2. The van der Waals surface area contributed by atoms with Gasteiger partial charge in [0, 0.05) is 17.9 Å². The SMILES string of the molecule is CN(C)[C@H](CNC(=O)c1ccc(CSc2nc3ccccc3[nH]2)cc1)c1ccco1. The van der Waals surface area contributed by atoms with Crippen molar-refractivity contribution in [2.24, 2.45) is 0 Å². The topological polar surface area (TPSA) is 74.2 Å². The standard InChI is InChI=1S/C23H24N4O2S/c1-27(2)20(21-8-5-13-29-21)14-24-22(28)17-11-9-16(10-12-17)15-30-23-25-18-6-3-4-7-19(18)26-23/h3-13,20H,14-15H2,1-2H3,(H,24,28)(H,25,26)/t20-/m1/s1. The van der Waals surface area contributed by atoms with Crippen molar-refractivity contribution in [2.75, 3.05) is 20.6 Å². The summed E-state index contributed by atoms with van der Waals surface area (Å²) in [5.41, 5.74) is 3.79. The molecule has 0 aliphatic carbocycles. The number of amides is 1. The Morgan fingerprint density at radius 1 is 1.13 bits per heavy atom. The van der Waals surface area contributed by atoms with Gasteiger partial charge in [0.2, 0.25) is 0 Å². The van der Waals surface area contributed by atoms with Gasteiger partial charge in [-0.2, -0.15) is 0 Å². The molecule has 2 heterocycles. The minimum atomic E-state index is -0.0927. The van der Waals surface area contributed by atoms with Crippen molar-refractivity contribution in [3.8, 4) is 0 Å². The lowest BCUT2D eigenvalue weighted by Gasteiger charge is -2.22. The van der Waals surface area contributed by atoms with Crippen LogP contribution < -0.4 is 5.32 Å². The number of para-hydroxylation sites is 2. The molecule has 30 heavy (non-hydrogen) atoms. The van der Waals surface area contributed by atoms with Crippen LogP contribution in [0.15, 0.2) is 76.5 Å². The van der Waals surface area contributed by atoms with Gasteiger partial charge in [-0.1, -0.05) is 36.0 Å². The average molecular weight is 421 g/mol. The average Bonchev–Trinajstić information content (AvgIpc) is 3.42. The largest absolute Gasteiger partial charge is 0.468 e. The highest BCUT2D eigenvalue weighted by molar-refractivity contribution is 7.98. The van der Waals surface area contributed by atoms with Crippen molar-refractivity contribution < 1.29 is 9.21 Å². The van der Waals surface area contributed by atoms with Crippen molar-refractivity contribution in [1.29, 1.82) is 0 Å². The van der Waals surface area contributed by atoms with E-state index in [2.05, 4.69) is 15.3 Å². The smallest absolute Gasteiger partial charge is 0.251 e. The Morgan fingerprint density at radius 3 is 2.63 bits per heavy atom. The number of aromatic amines is 1. The predicted molar refractivity (Wildman–Crippen MR) is 120 cm³/mol. The van der Waals surface area contributed by atoms with Gasteiger partial charge >= 0.3 is 0 Å². The summed E-state index contributed by atoms with van der Waals surface area (Å²) in [6.07, 6.45) is 1.65. The number of aromatic nitrogens is 2. The number of fused-ring (bicyclic) bond motifs is 1. The van der Waals surface area contributed by atoms with E-state index in [0.29, 0.717) is 12.1 Å². The third-order valence-electron chi connectivity index (χ3n) is 4.91. The molecule has 154 valence electrons. The van der Waals surface area contributed by atoms with E-state index >= 15 is 0 Å². The molecule has 0 radical (unpaired) electrons. The van der Waals surface area contributed by atoms with E-state index in [1.54, 1.807) is 18.0 Å². The lowest BCUT2D eigenvalue weighted by molar-refractivity contribution is 0.0939. The molecule has 2 aromatic heterocycles. The molecule has 1 atom stereocenters. The highest BCUT2D eigenvalue weighted by Crippen LogP contribution is 2.23. The number of furan rings is 1. The van der Waals surface area contributed by atoms with Crippen LogP contribution in [0.1, 0.15) is 27.7 Å². The number of hydrogen-bond donors (Lipinski definition) is 2. The number of hydrogen-bond acceptors (Lipinski definition) is 5. The Kier molecular flexibility index (Phi) is 6.21. The number of nitrogens with one attached hydrogen (secondary N) is 2. The maximum atomic E-state index is 12.6. The van der Waals surface area contributed by atoms with Gasteiger partial charge in [-0.15, -0.1) is 0 Å². The number of thioether (sulfide) groups is 1. The van der Waals surface area contributed by atoms with Crippen LogP contribution in [0.25, 0.3) is 11.0 Å². The fraction of sp³-hybridized carbons (Fsp3) is 0.217. The molecule has 0 spiro atoms. The van der Waals surface area contributed by atoms with Crippen molar-refractivity contribution in [3.05, 3.63) is 83.8 Å². The first kappa shape index (κ1) is 20.3. The fourth-order valence-electron chi connectivity index (χ4n) is 3.21. The molecular formula is C23H24N4O2S. The molecule has 2 aromatic carbocycles. The van der Waals surface area contributed by atoms with Crippen LogP contribution in [-0.2, 0) is 5.75 Å². The number of imidazole rings is 1. The van der Waals surface area contributed by atoms with Gasteiger partial charge in [-0.3, -0.25) is 9.69 Å². The Labute approximate surface area is 179 Å². The molecule has 0 fully saturated rings. The minimum absolute atomic E-state index is 0.0107. The van der Waals surface area contributed by atoms with Crippen LogP contribution in [0, 0.1) is 0 Å². The van der Waals surface area contributed by atoms with Gasteiger partial charge in [0.15, 0.2) is 5.16 Å².